The van der Waals surface area contributed by atoms with Crippen LogP contribution in [-0.2, 0) is 6.42 Å². The molecule has 0 spiro atoms. The summed E-state index contributed by atoms with van der Waals surface area (Å²) >= 11 is 1.77. The quantitative estimate of drug-likeness (QED) is 0.754. The molecule has 17 heavy (non-hydrogen) atoms. The number of likely N-dealkylation sites (tertiary alicyclic amines) is 1. The van der Waals surface area contributed by atoms with E-state index in [4.69, 9.17) is 0 Å². The molecule has 0 aromatic carbocycles. The van der Waals surface area contributed by atoms with Crippen molar-refractivity contribution in [2.24, 2.45) is 5.92 Å². The highest BCUT2D eigenvalue weighted by atomic mass is 32.1. The van der Waals surface area contributed by atoms with Gasteiger partial charge in [-0.1, -0.05) is 6.92 Å². The predicted octanol–water partition coefficient (Wildman–Crippen LogP) is 2.01. The summed E-state index contributed by atoms with van der Waals surface area (Å²) in [6.45, 7) is 8.29. The van der Waals surface area contributed by atoms with Crippen LogP contribution in [0.15, 0.2) is 11.6 Å². The minimum atomic E-state index is 0.859. The van der Waals surface area contributed by atoms with Crippen LogP contribution in [-0.4, -0.2) is 42.6 Å². The summed E-state index contributed by atoms with van der Waals surface area (Å²) in [5.74, 6) is 0.859. The fourth-order valence-electron chi connectivity index (χ4n) is 2.40. The minimum Gasteiger partial charge on any atom is -0.316 e. The Hall–Kier alpha value is -0.450. The first-order valence-corrected chi connectivity index (χ1v) is 7.58. The number of thiazole rings is 1. The smallest absolute Gasteiger partial charge is 0.0937 e. The number of rotatable bonds is 7. The van der Waals surface area contributed by atoms with Crippen LogP contribution in [0.1, 0.15) is 24.8 Å². The fraction of sp³-hybridized carbons (Fsp3) is 0.769. The third-order valence-corrected chi connectivity index (χ3v) is 4.19. The van der Waals surface area contributed by atoms with Gasteiger partial charge in [0.1, 0.15) is 0 Å². The molecule has 4 heteroatoms. The zero-order valence-electron chi connectivity index (χ0n) is 10.7. The van der Waals surface area contributed by atoms with Crippen molar-refractivity contribution in [3.05, 3.63) is 16.6 Å². The molecular formula is C13H23N3S. The highest BCUT2D eigenvalue weighted by Gasteiger charge is 2.21. The van der Waals surface area contributed by atoms with Gasteiger partial charge in [-0.15, -0.1) is 11.3 Å². The van der Waals surface area contributed by atoms with E-state index >= 15 is 0 Å². The van der Waals surface area contributed by atoms with Crippen LogP contribution in [0.4, 0.5) is 0 Å². The molecule has 1 aliphatic rings. The lowest BCUT2D eigenvalue weighted by atomic mass is 10.1. The molecule has 0 aliphatic carbocycles. The summed E-state index contributed by atoms with van der Waals surface area (Å²) in [6, 6.07) is 0. The predicted molar refractivity (Wildman–Crippen MR) is 73.5 cm³/mol. The maximum Gasteiger partial charge on any atom is 0.0937 e. The lowest BCUT2D eigenvalue weighted by Crippen LogP contribution is -2.28. The molecule has 1 saturated heterocycles. The fourth-order valence-corrected chi connectivity index (χ4v) is 3.01. The highest BCUT2D eigenvalue weighted by molar-refractivity contribution is 7.09. The first-order chi connectivity index (χ1) is 8.38. The molecule has 1 aliphatic heterocycles. The van der Waals surface area contributed by atoms with Crippen molar-refractivity contribution in [3.63, 3.8) is 0 Å². The Morgan fingerprint density at radius 2 is 2.53 bits per heavy atom. The average molecular weight is 253 g/mol. The van der Waals surface area contributed by atoms with Crippen LogP contribution in [0.3, 0.4) is 0 Å². The Kier molecular flexibility index (Phi) is 5.42. The summed E-state index contributed by atoms with van der Waals surface area (Å²) in [5, 5.41) is 6.87. The standard InChI is InChI=1S/C13H23N3S/c1-2-5-14-10-12-3-7-16(11-12)8-4-13-15-6-9-17-13/h6,9,12,14H,2-5,7-8,10-11H2,1H3. The van der Waals surface area contributed by atoms with Crippen molar-refractivity contribution in [1.82, 2.24) is 15.2 Å². The van der Waals surface area contributed by atoms with E-state index in [2.05, 4.69) is 27.5 Å². The third kappa shape index (κ3) is 4.37. The van der Waals surface area contributed by atoms with E-state index in [0.29, 0.717) is 0 Å². The largest absolute Gasteiger partial charge is 0.316 e. The van der Waals surface area contributed by atoms with Crippen LogP contribution in [0.2, 0.25) is 0 Å². The molecule has 96 valence electrons. The van der Waals surface area contributed by atoms with Crippen LogP contribution in [0, 0.1) is 5.92 Å². The third-order valence-electron chi connectivity index (χ3n) is 3.36. The number of hydrogen-bond acceptors (Lipinski definition) is 4. The Morgan fingerprint density at radius 1 is 1.59 bits per heavy atom. The Morgan fingerprint density at radius 3 is 3.29 bits per heavy atom. The number of nitrogens with zero attached hydrogens (tertiary/aromatic N) is 2. The van der Waals surface area contributed by atoms with E-state index in [1.165, 1.54) is 44.0 Å². The van der Waals surface area contributed by atoms with Crippen molar-refractivity contribution < 1.29 is 0 Å². The first-order valence-electron chi connectivity index (χ1n) is 6.70. The van der Waals surface area contributed by atoms with E-state index in [1.807, 2.05) is 6.20 Å². The van der Waals surface area contributed by atoms with Gasteiger partial charge in [-0.25, -0.2) is 4.98 Å². The van der Waals surface area contributed by atoms with Gasteiger partial charge in [0.15, 0.2) is 0 Å². The molecule has 1 aromatic rings. The lowest BCUT2D eigenvalue weighted by molar-refractivity contribution is 0.325. The maximum absolute atomic E-state index is 4.34. The molecule has 0 radical (unpaired) electrons. The topological polar surface area (TPSA) is 28.2 Å². The Bertz CT molecular complexity index is 300. The van der Waals surface area contributed by atoms with Gasteiger partial charge in [-0.05, 0) is 38.4 Å². The molecule has 1 unspecified atom stereocenters. The average Bonchev–Trinajstić information content (AvgIpc) is 2.98. The first kappa shape index (κ1) is 13.0. The van der Waals surface area contributed by atoms with Crippen molar-refractivity contribution in [2.75, 3.05) is 32.7 Å². The molecule has 2 heterocycles. The van der Waals surface area contributed by atoms with Crippen LogP contribution in [0.25, 0.3) is 0 Å². The van der Waals surface area contributed by atoms with E-state index in [-0.39, 0.29) is 0 Å². The van der Waals surface area contributed by atoms with Crippen LogP contribution in [0.5, 0.6) is 0 Å². The molecule has 1 aromatic heterocycles. The molecule has 0 bridgehead atoms. The van der Waals surface area contributed by atoms with Crippen molar-refractivity contribution in [3.8, 4) is 0 Å². The molecule has 0 amide bonds. The second-order valence-corrected chi connectivity index (χ2v) is 5.81. The molecule has 3 nitrogen and oxygen atoms in total. The van der Waals surface area contributed by atoms with Gasteiger partial charge < -0.3 is 10.2 Å². The van der Waals surface area contributed by atoms with Crippen molar-refractivity contribution >= 4 is 11.3 Å². The van der Waals surface area contributed by atoms with Gasteiger partial charge in [0.05, 0.1) is 5.01 Å². The molecule has 1 N–H and O–H groups in total. The Labute approximate surface area is 108 Å². The summed E-state index contributed by atoms with van der Waals surface area (Å²) in [6.07, 6.45) is 5.61. The zero-order valence-corrected chi connectivity index (χ0v) is 11.5. The maximum atomic E-state index is 4.34. The monoisotopic (exact) mass is 253 g/mol. The number of aromatic nitrogens is 1. The van der Waals surface area contributed by atoms with Crippen molar-refractivity contribution in [1.29, 1.82) is 0 Å². The second kappa shape index (κ2) is 7.09. The van der Waals surface area contributed by atoms with E-state index in [1.54, 1.807) is 11.3 Å². The van der Waals surface area contributed by atoms with E-state index in [9.17, 15) is 0 Å². The second-order valence-electron chi connectivity index (χ2n) is 4.84. The van der Waals surface area contributed by atoms with Gasteiger partial charge in [0.2, 0.25) is 0 Å². The van der Waals surface area contributed by atoms with Gasteiger partial charge in [-0.3, -0.25) is 0 Å². The molecule has 2 rings (SSSR count). The lowest BCUT2D eigenvalue weighted by Gasteiger charge is -2.15. The number of hydrogen-bond donors (Lipinski definition) is 1. The zero-order chi connectivity index (χ0) is 11.9. The normalized spacial score (nSPS) is 21.1. The highest BCUT2D eigenvalue weighted by Crippen LogP contribution is 2.16. The molecule has 1 atom stereocenters. The summed E-state index contributed by atoms with van der Waals surface area (Å²) < 4.78 is 0. The number of nitrogens with one attached hydrogen (secondary N) is 1. The molecule has 1 fully saturated rings. The van der Waals surface area contributed by atoms with Gasteiger partial charge in [-0.2, -0.15) is 0 Å². The minimum absolute atomic E-state index is 0.859. The summed E-state index contributed by atoms with van der Waals surface area (Å²) in [5.41, 5.74) is 0. The van der Waals surface area contributed by atoms with E-state index < -0.39 is 0 Å². The molecule has 0 saturated carbocycles. The van der Waals surface area contributed by atoms with Crippen LogP contribution >= 0.6 is 11.3 Å². The van der Waals surface area contributed by atoms with Crippen LogP contribution < -0.4 is 5.32 Å². The van der Waals surface area contributed by atoms with Gasteiger partial charge in [0.25, 0.3) is 0 Å². The van der Waals surface area contributed by atoms with Gasteiger partial charge in [0, 0.05) is 31.1 Å². The van der Waals surface area contributed by atoms with Crippen molar-refractivity contribution in [2.45, 2.75) is 26.2 Å². The Balaban J connectivity index is 1.61. The summed E-state index contributed by atoms with van der Waals surface area (Å²) in [4.78, 5) is 6.92. The SMILES string of the molecule is CCCNCC1CCN(CCc2nccs2)C1. The van der Waals surface area contributed by atoms with E-state index in [0.717, 1.165) is 18.9 Å². The summed E-state index contributed by atoms with van der Waals surface area (Å²) in [7, 11) is 0. The van der Waals surface area contributed by atoms with Gasteiger partial charge >= 0.3 is 0 Å². The molecular weight excluding hydrogens is 230 g/mol.